The maximum Gasteiger partial charge on any atom is 0.335 e. The van der Waals surface area contributed by atoms with E-state index >= 15 is 0 Å². The maximum absolute atomic E-state index is 11.0. The lowest BCUT2D eigenvalue weighted by Crippen LogP contribution is -2.21. The standard InChI is InChI=1S/C23H23N3O2/c1-2-26(17-19-7-4-3-5-8-19)22-13-11-18(12-14-22)16-24-25-21-10-6-9-20(15-21)23(27)28/h3-16,25H,2,17H2,1H3,(H,27,28)/b24-16+. The predicted octanol–water partition coefficient (Wildman–Crippen LogP) is 4.86. The number of benzene rings is 3. The van der Waals surface area contributed by atoms with Gasteiger partial charge in [-0.05, 0) is 48.4 Å². The number of nitrogens with zero attached hydrogens (tertiary/aromatic N) is 2. The molecule has 0 heterocycles. The molecule has 142 valence electrons. The van der Waals surface area contributed by atoms with Gasteiger partial charge in [-0.3, -0.25) is 5.43 Å². The van der Waals surface area contributed by atoms with E-state index in [1.54, 1.807) is 30.5 Å². The minimum atomic E-state index is -0.959. The summed E-state index contributed by atoms with van der Waals surface area (Å²) in [6.45, 7) is 3.93. The van der Waals surface area contributed by atoms with Crippen LogP contribution >= 0.6 is 0 Å². The summed E-state index contributed by atoms with van der Waals surface area (Å²) in [5.74, 6) is -0.959. The van der Waals surface area contributed by atoms with E-state index in [9.17, 15) is 4.79 Å². The number of carboxylic acid groups (broad SMARTS) is 1. The summed E-state index contributed by atoms with van der Waals surface area (Å²) in [4.78, 5) is 13.3. The Hall–Kier alpha value is -3.60. The fraction of sp³-hybridized carbons (Fsp3) is 0.130. The first-order valence-electron chi connectivity index (χ1n) is 9.17. The molecule has 0 aliphatic rings. The van der Waals surface area contributed by atoms with Crippen molar-refractivity contribution in [3.63, 3.8) is 0 Å². The monoisotopic (exact) mass is 373 g/mol. The largest absolute Gasteiger partial charge is 0.478 e. The first-order chi connectivity index (χ1) is 13.7. The van der Waals surface area contributed by atoms with Crippen LogP contribution in [-0.4, -0.2) is 23.8 Å². The van der Waals surface area contributed by atoms with Crippen molar-refractivity contribution in [2.75, 3.05) is 16.9 Å². The summed E-state index contributed by atoms with van der Waals surface area (Å²) in [6.07, 6.45) is 1.71. The summed E-state index contributed by atoms with van der Waals surface area (Å²) >= 11 is 0. The second-order valence-corrected chi connectivity index (χ2v) is 6.35. The highest BCUT2D eigenvalue weighted by molar-refractivity contribution is 5.89. The van der Waals surface area contributed by atoms with Gasteiger partial charge in [0.15, 0.2) is 0 Å². The van der Waals surface area contributed by atoms with E-state index < -0.39 is 5.97 Å². The first kappa shape index (κ1) is 19.2. The van der Waals surface area contributed by atoms with Crippen molar-refractivity contribution >= 4 is 23.6 Å². The molecule has 5 heteroatoms. The first-order valence-corrected chi connectivity index (χ1v) is 9.17. The van der Waals surface area contributed by atoms with Crippen LogP contribution in [0, 0.1) is 0 Å². The summed E-state index contributed by atoms with van der Waals surface area (Å²) in [5.41, 5.74) is 7.12. The summed E-state index contributed by atoms with van der Waals surface area (Å²) < 4.78 is 0. The number of carboxylic acids is 1. The Morgan fingerprint density at radius 3 is 2.46 bits per heavy atom. The van der Waals surface area contributed by atoms with E-state index in [-0.39, 0.29) is 5.56 Å². The normalized spacial score (nSPS) is 10.8. The maximum atomic E-state index is 11.0. The fourth-order valence-corrected chi connectivity index (χ4v) is 2.86. The molecule has 0 saturated heterocycles. The molecule has 0 spiro atoms. The topological polar surface area (TPSA) is 64.9 Å². The zero-order chi connectivity index (χ0) is 19.8. The Bertz CT molecular complexity index is 938. The third-order valence-electron chi connectivity index (χ3n) is 4.37. The van der Waals surface area contributed by atoms with Gasteiger partial charge < -0.3 is 10.0 Å². The van der Waals surface area contributed by atoms with E-state index in [2.05, 4.69) is 58.7 Å². The van der Waals surface area contributed by atoms with Crippen molar-refractivity contribution < 1.29 is 9.90 Å². The second kappa shape index (κ2) is 9.37. The van der Waals surface area contributed by atoms with Crippen molar-refractivity contribution in [2.24, 2.45) is 5.10 Å². The van der Waals surface area contributed by atoms with Crippen molar-refractivity contribution in [2.45, 2.75) is 13.5 Å². The molecule has 0 aliphatic heterocycles. The Labute approximate surface area is 165 Å². The van der Waals surface area contributed by atoms with Crippen LogP contribution in [0.5, 0.6) is 0 Å². The molecule has 0 aliphatic carbocycles. The number of aromatic carboxylic acids is 1. The Morgan fingerprint density at radius 2 is 1.79 bits per heavy atom. The number of nitrogens with one attached hydrogen (secondary N) is 1. The predicted molar refractivity (Wildman–Crippen MR) is 114 cm³/mol. The molecule has 0 bridgehead atoms. The Morgan fingerprint density at radius 1 is 1.04 bits per heavy atom. The van der Waals surface area contributed by atoms with E-state index in [1.807, 2.05) is 18.2 Å². The average Bonchev–Trinajstić information content (AvgIpc) is 2.73. The minimum Gasteiger partial charge on any atom is -0.478 e. The molecule has 0 radical (unpaired) electrons. The van der Waals surface area contributed by atoms with Gasteiger partial charge in [-0.25, -0.2) is 4.79 Å². The van der Waals surface area contributed by atoms with E-state index in [1.165, 1.54) is 5.56 Å². The van der Waals surface area contributed by atoms with Gasteiger partial charge in [-0.15, -0.1) is 0 Å². The van der Waals surface area contributed by atoms with Gasteiger partial charge in [0, 0.05) is 18.8 Å². The number of carbonyl (C=O) groups is 1. The molecule has 3 rings (SSSR count). The van der Waals surface area contributed by atoms with Crippen molar-refractivity contribution in [3.8, 4) is 0 Å². The number of rotatable bonds is 8. The number of hydrazone groups is 1. The molecule has 0 amide bonds. The van der Waals surface area contributed by atoms with Crippen LogP contribution in [0.1, 0.15) is 28.4 Å². The minimum absolute atomic E-state index is 0.225. The summed E-state index contributed by atoms with van der Waals surface area (Å²) in [6, 6.07) is 25.2. The van der Waals surface area contributed by atoms with Gasteiger partial charge in [0.1, 0.15) is 0 Å². The zero-order valence-electron chi connectivity index (χ0n) is 15.7. The van der Waals surface area contributed by atoms with Crippen LogP contribution < -0.4 is 10.3 Å². The lowest BCUT2D eigenvalue weighted by molar-refractivity contribution is 0.0697. The smallest absolute Gasteiger partial charge is 0.335 e. The summed E-state index contributed by atoms with van der Waals surface area (Å²) in [7, 11) is 0. The lowest BCUT2D eigenvalue weighted by Gasteiger charge is -2.23. The van der Waals surface area contributed by atoms with E-state index in [0.717, 1.165) is 24.3 Å². The molecule has 0 aromatic heterocycles. The van der Waals surface area contributed by atoms with Crippen LogP contribution in [0.4, 0.5) is 11.4 Å². The molecule has 5 nitrogen and oxygen atoms in total. The molecule has 28 heavy (non-hydrogen) atoms. The number of anilines is 2. The molecule has 3 aromatic carbocycles. The van der Waals surface area contributed by atoms with Gasteiger partial charge in [0.25, 0.3) is 0 Å². The molecule has 0 atom stereocenters. The van der Waals surface area contributed by atoms with Crippen LogP contribution in [-0.2, 0) is 6.54 Å². The molecule has 0 fully saturated rings. The average molecular weight is 373 g/mol. The summed E-state index contributed by atoms with van der Waals surface area (Å²) in [5, 5.41) is 13.2. The van der Waals surface area contributed by atoms with Crippen LogP contribution in [0.3, 0.4) is 0 Å². The third-order valence-corrected chi connectivity index (χ3v) is 4.37. The number of hydrogen-bond acceptors (Lipinski definition) is 4. The Balaban J connectivity index is 1.62. The highest BCUT2D eigenvalue weighted by Crippen LogP contribution is 2.18. The van der Waals surface area contributed by atoms with Gasteiger partial charge in [-0.1, -0.05) is 48.5 Å². The molecule has 0 unspecified atom stereocenters. The fourth-order valence-electron chi connectivity index (χ4n) is 2.86. The van der Waals surface area contributed by atoms with Gasteiger partial charge in [-0.2, -0.15) is 5.10 Å². The van der Waals surface area contributed by atoms with Crippen molar-refractivity contribution in [3.05, 3.63) is 95.6 Å². The van der Waals surface area contributed by atoms with Crippen molar-refractivity contribution in [1.82, 2.24) is 0 Å². The molecule has 2 N–H and O–H groups in total. The van der Waals surface area contributed by atoms with Crippen molar-refractivity contribution in [1.29, 1.82) is 0 Å². The van der Waals surface area contributed by atoms with Crippen LogP contribution in [0.2, 0.25) is 0 Å². The second-order valence-electron chi connectivity index (χ2n) is 6.35. The SMILES string of the molecule is CCN(Cc1ccccc1)c1ccc(/C=N/Nc2cccc(C(=O)O)c2)cc1. The molecule has 0 saturated carbocycles. The van der Waals surface area contributed by atoms with Gasteiger partial charge in [0.2, 0.25) is 0 Å². The molecule has 3 aromatic rings. The quantitative estimate of drug-likeness (QED) is 0.437. The third kappa shape index (κ3) is 5.20. The van der Waals surface area contributed by atoms with Gasteiger partial charge in [0.05, 0.1) is 17.5 Å². The zero-order valence-corrected chi connectivity index (χ0v) is 15.7. The molecular weight excluding hydrogens is 350 g/mol. The number of hydrogen-bond donors (Lipinski definition) is 2. The van der Waals surface area contributed by atoms with E-state index in [0.29, 0.717) is 5.69 Å². The van der Waals surface area contributed by atoms with Crippen LogP contribution in [0.15, 0.2) is 84.0 Å². The van der Waals surface area contributed by atoms with Gasteiger partial charge >= 0.3 is 5.97 Å². The van der Waals surface area contributed by atoms with E-state index in [4.69, 9.17) is 5.11 Å². The highest BCUT2D eigenvalue weighted by Gasteiger charge is 2.05. The lowest BCUT2D eigenvalue weighted by atomic mass is 10.1. The molecular formula is C23H23N3O2. The Kier molecular flexibility index (Phi) is 6.41. The van der Waals surface area contributed by atoms with Crippen LogP contribution in [0.25, 0.3) is 0 Å². The highest BCUT2D eigenvalue weighted by atomic mass is 16.4.